The van der Waals surface area contributed by atoms with Crippen LogP contribution in [0.5, 0.6) is 5.75 Å². The molecule has 0 spiro atoms. The maximum absolute atomic E-state index is 13.0. The number of para-hydroxylation sites is 1. The van der Waals surface area contributed by atoms with Crippen LogP contribution in [0.4, 0.5) is 0 Å². The summed E-state index contributed by atoms with van der Waals surface area (Å²) < 4.78 is 6.35. The number of benzene rings is 2. The fourth-order valence-electron chi connectivity index (χ4n) is 5.00. The van der Waals surface area contributed by atoms with Crippen LogP contribution in [0.3, 0.4) is 0 Å². The summed E-state index contributed by atoms with van der Waals surface area (Å²) in [7, 11) is 0. The minimum atomic E-state index is -0.823. The zero-order valence-electron chi connectivity index (χ0n) is 14.4. The van der Waals surface area contributed by atoms with Gasteiger partial charge in [0.15, 0.2) is 11.6 Å². The van der Waals surface area contributed by atoms with Crippen molar-refractivity contribution in [3.8, 4) is 5.75 Å². The number of ether oxygens (including phenoxy) is 1. The number of Topliss-reactive ketones (excluding diaryl/α,β-unsaturated/α-hetero) is 2. The maximum Gasteiger partial charge on any atom is 0.222 e. The molecule has 0 bridgehead atoms. The SMILES string of the molecule is O=C(C[C@H]1C[C@]23CCCC(=O)[C@]2(Oc2ccccc23)S1)c1ccccc1. The number of ketones is 2. The molecular weight excluding hydrogens is 344 g/mol. The lowest BCUT2D eigenvalue weighted by molar-refractivity contribution is -0.132. The molecule has 2 fully saturated rings. The average Bonchev–Trinajstić information content (AvgIpc) is 3.12. The number of fused-ring (bicyclic) bond motifs is 1. The van der Waals surface area contributed by atoms with Crippen molar-refractivity contribution in [3.63, 3.8) is 0 Å². The van der Waals surface area contributed by atoms with E-state index >= 15 is 0 Å². The fraction of sp³-hybridized carbons (Fsp3) is 0.364. The first kappa shape index (κ1) is 16.1. The first-order valence-corrected chi connectivity index (χ1v) is 10.1. The third-order valence-electron chi connectivity index (χ3n) is 6.08. The Morgan fingerprint density at radius 3 is 2.73 bits per heavy atom. The highest BCUT2D eigenvalue weighted by Gasteiger charge is 2.70. The molecule has 132 valence electrons. The van der Waals surface area contributed by atoms with Gasteiger partial charge >= 0.3 is 0 Å². The summed E-state index contributed by atoms with van der Waals surface area (Å²) in [6.07, 6.45) is 3.72. The van der Waals surface area contributed by atoms with Gasteiger partial charge in [-0.3, -0.25) is 9.59 Å². The van der Waals surface area contributed by atoms with Gasteiger partial charge in [-0.15, -0.1) is 11.8 Å². The van der Waals surface area contributed by atoms with Gasteiger partial charge in [-0.05, 0) is 25.3 Å². The Labute approximate surface area is 157 Å². The van der Waals surface area contributed by atoms with Crippen LogP contribution < -0.4 is 4.74 Å². The van der Waals surface area contributed by atoms with Crippen LogP contribution in [-0.4, -0.2) is 21.7 Å². The Kier molecular flexibility index (Phi) is 3.54. The van der Waals surface area contributed by atoms with Crippen molar-refractivity contribution in [2.24, 2.45) is 0 Å². The van der Waals surface area contributed by atoms with Crippen molar-refractivity contribution in [2.75, 3.05) is 0 Å². The second kappa shape index (κ2) is 5.71. The number of carbonyl (C=O) groups is 2. The van der Waals surface area contributed by atoms with E-state index in [4.69, 9.17) is 4.74 Å². The summed E-state index contributed by atoms with van der Waals surface area (Å²) in [5.74, 6) is 1.19. The molecule has 2 aliphatic heterocycles. The molecule has 3 nitrogen and oxygen atoms in total. The summed E-state index contributed by atoms with van der Waals surface area (Å²) >= 11 is 1.60. The Bertz CT molecular complexity index is 893. The van der Waals surface area contributed by atoms with Crippen LogP contribution >= 0.6 is 11.8 Å². The molecule has 3 atom stereocenters. The zero-order chi connectivity index (χ0) is 17.8. The van der Waals surface area contributed by atoms with Gasteiger partial charge in [0.2, 0.25) is 4.93 Å². The van der Waals surface area contributed by atoms with E-state index in [-0.39, 0.29) is 22.2 Å². The van der Waals surface area contributed by atoms with E-state index in [1.54, 1.807) is 11.8 Å². The average molecular weight is 364 g/mol. The monoisotopic (exact) mass is 364 g/mol. The van der Waals surface area contributed by atoms with E-state index < -0.39 is 4.93 Å². The van der Waals surface area contributed by atoms with Crippen LogP contribution in [0.1, 0.15) is 48.0 Å². The normalized spacial score (nSPS) is 31.7. The van der Waals surface area contributed by atoms with E-state index in [0.717, 1.165) is 36.1 Å². The van der Waals surface area contributed by atoms with Crippen molar-refractivity contribution in [1.82, 2.24) is 0 Å². The molecule has 2 heterocycles. The third kappa shape index (κ3) is 2.08. The molecule has 5 rings (SSSR count). The van der Waals surface area contributed by atoms with E-state index in [1.807, 2.05) is 48.5 Å². The van der Waals surface area contributed by atoms with Crippen LogP contribution in [0, 0.1) is 0 Å². The minimum Gasteiger partial charge on any atom is -0.468 e. The summed E-state index contributed by atoms with van der Waals surface area (Å²) in [6, 6.07) is 17.5. The van der Waals surface area contributed by atoms with E-state index in [1.165, 1.54) is 0 Å². The molecule has 0 N–H and O–H groups in total. The molecule has 26 heavy (non-hydrogen) atoms. The second-order valence-electron chi connectivity index (χ2n) is 7.51. The Balaban J connectivity index is 1.50. The van der Waals surface area contributed by atoms with Crippen LogP contribution in [-0.2, 0) is 10.2 Å². The number of thioether (sulfide) groups is 1. The molecule has 0 unspecified atom stereocenters. The molecule has 0 aromatic heterocycles. The summed E-state index contributed by atoms with van der Waals surface area (Å²) in [4.78, 5) is 24.9. The van der Waals surface area contributed by atoms with E-state index in [9.17, 15) is 9.59 Å². The molecule has 2 aromatic rings. The lowest BCUT2D eigenvalue weighted by Gasteiger charge is -2.40. The van der Waals surface area contributed by atoms with Crippen LogP contribution in [0.25, 0.3) is 0 Å². The first-order chi connectivity index (χ1) is 12.6. The van der Waals surface area contributed by atoms with Crippen molar-refractivity contribution in [3.05, 3.63) is 65.7 Å². The van der Waals surface area contributed by atoms with E-state index in [2.05, 4.69) is 6.07 Å². The molecular formula is C22H20O3S. The Hall–Kier alpha value is -2.07. The highest BCUT2D eigenvalue weighted by atomic mass is 32.2. The van der Waals surface area contributed by atoms with E-state index in [0.29, 0.717) is 12.8 Å². The number of hydrogen-bond donors (Lipinski definition) is 0. The van der Waals surface area contributed by atoms with Gasteiger partial charge < -0.3 is 4.74 Å². The van der Waals surface area contributed by atoms with Gasteiger partial charge in [0, 0.05) is 29.2 Å². The van der Waals surface area contributed by atoms with Crippen LogP contribution in [0.15, 0.2) is 54.6 Å². The number of carbonyl (C=O) groups excluding carboxylic acids is 2. The van der Waals surface area contributed by atoms with Crippen molar-refractivity contribution in [2.45, 2.75) is 47.7 Å². The van der Waals surface area contributed by atoms with Gasteiger partial charge in [0.05, 0.1) is 5.41 Å². The third-order valence-corrected chi connectivity index (χ3v) is 7.78. The quantitative estimate of drug-likeness (QED) is 0.750. The first-order valence-electron chi connectivity index (χ1n) is 9.23. The molecule has 2 aromatic carbocycles. The minimum absolute atomic E-state index is 0.109. The standard InChI is InChI=1S/C22H20O3S/c23-18(15-7-2-1-3-8-15)13-16-14-21-12-6-11-20(24)22(21,26-16)25-19-10-5-4-9-17(19)21/h1-5,7-10,16H,6,11-14H2/t16-,21-,22-/m0/s1. The van der Waals surface area contributed by atoms with Crippen LogP contribution in [0.2, 0.25) is 0 Å². The zero-order valence-corrected chi connectivity index (χ0v) is 15.3. The fourth-order valence-corrected chi connectivity index (χ4v) is 6.96. The summed E-state index contributed by atoms with van der Waals surface area (Å²) in [5.41, 5.74) is 1.64. The molecule has 1 saturated carbocycles. The van der Waals surface area contributed by atoms with Crippen molar-refractivity contribution >= 4 is 23.3 Å². The lowest BCUT2D eigenvalue weighted by atomic mass is 9.65. The Morgan fingerprint density at radius 2 is 1.88 bits per heavy atom. The van der Waals surface area contributed by atoms with Crippen molar-refractivity contribution in [1.29, 1.82) is 0 Å². The summed E-state index contributed by atoms with van der Waals surface area (Å²) in [5, 5.41) is 0.109. The van der Waals surface area contributed by atoms with Crippen molar-refractivity contribution < 1.29 is 14.3 Å². The smallest absolute Gasteiger partial charge is 0.222 e. The predicted octanol–water partition coefficient (Wildman–Crippen LogP) is 4.54. The largest absolute Gasteiger partial charge is 0.468 e. The molecule has 0 amide bonds. The van der Waals surface area contributed by atoms with Gasteiger partial charge in [0.25, 0.3) is 0 Å². The molecule has 1 aliphatic carbocycles. The highest BCUT2D eigenvalue weighted by Crippen LogP contribution is 2.67. The predicted molar refractivity (Wildman–Crippen MR) is 102 cm³/mol. The molecule has 0 radical (unpaired) electrons. The highest BCUT2D eigenvalue weighted by molar-refractivity contribution is 8.02. The molecule has 4 heteroatoms. The molecule has 1 saturated heterocycles. The number of rotatable bonds is 3. The van der Waals surface area contributed by atoms with Gasteiger partial charge in [-0.2, -0.15) is 0 Å². The summed E-state index contributed by atoms with van der Waals surface area (Å²) in [6.45, 7) is 0. The molecule has 3 aliphatic rings. The van der Waals surface area contributed by atoms with Gasteiger partial charge in [-0.25, -0.2) is 0 Å². The Morgan fingerprint density at radius 1 is 1.12 bits per heavy atom. The topological polar surface area (TPSA) is 43.4 Å². The second-order valence-corrected chi connectivity index (χ2v) is 8.99. The lowest BCUT2D eigenvalue weighted by Crippen LogP contribution is -2.54. The maximum atomic E-state index is 13.0. The van der Waals surface area contributed by atoms with Gasteiger partial charge in [0.1, 0.15) is 5.75 Å². The van der Waals surface area contributed by atoms with Gasteiger partial charge in [-0.1, -0.05) is 48.5 Å². The number of hydrogen-bond acceptors (Lipinski definition) is 4.